The summed E-state index contributed by atoms with van der Waals surface area (Å²) in [6, 6.07) is 6.49. The van der Waals surface area contributed by atoms with E-state index in [4.69, 9.17) is 4.74 Å². The van der Waals surface area contributed by atoms with Crippen LogP contribution < -0.4 is 5.32 Å². The van der Waals surface area contributed by atoms with Gasteiger partial charge in [0.25, 0.3) is 0 Å². The van der Waals surface area contributed by atoms with Crippen molar-refractivity contribution in [3.8, 4) is 0 Å². The van der Waals surface area contributed by atoms with Gasteiger partial charge in [0.05, 0.1) is 17.8 Å². The van der Waals surface area contributed by atoms with E-state index in [1.165, 1.54) is 0 Å². The highest BCUT2D eigenvalue weighted by Crippen LogP contribution is 2.20. The van der Waals surface area contributed by atoms with Crippen molar-refractivity contribution < 1.29 is 9.53 Å². The third kappa shape index (κ3) is 4.50. The van der Waals surface area contributed by atoms with E-state index in [0.29, 0.717) is 0 Å². The lowest BCUT2D eigenvalue weighted by Gasteiger charge is -2.38. The molecule has 6 nitrogen and oxygen atoms in total. The smallest absolute Gasteiger partial charge is 0.317 e. The number of rotatable bonds is 5. The van der Waals surface area contributed by atoms with Crippen LogP contribution in [0.4, 0.5) is 4.79 Å². The number of urea groups is 1. The molecule has 0 aromatic carbocycles. The largest absolute Gasteiger partial charge is 0.376 e. The number of hydrogen-bond donors (Lipinski definition) is 1. The summed E-state index contributed by atoms with van der Waals surface area (Å²) in [7, 11) is 0. The molecule has 0 aliphatic carbocycles. The molecule has 6 heteroatoms. The molecule has 1 aromatic rings. The fourth-order valence-corrected chi connectivity index (χ4v) is 3.75. The summed E-state index contributed by atoms with van der Waals surface area (Å²) in [4.78, 5) is 21.4. The van der Waals surface area contributed by atoms with Crippen LogP contribution in [0.5, 0.6) is 0 Å². The number of piperazine rings is 1. The summed E-state index contributed by atoms with van der Waals surface area (Å²) in [6.07, 6.45) is 5.08. The molecule has 0 spiro atoms. The average Bonchev–Trinajstić information content (AvgIpc) is 3.20. The van der Waals surface area contributed by atoms with Crippen molar-refractivity contribution in [2.75, 3.05) is 32.8 Å². The van der Waals surface area contributed by atoms with Crippen LogP contribution in [0.25, 0.3) is 0 Å². The van der Waals surface area contributed by atoms with Crippen LogP contribution in [-0.4, -0.2) is 65.7 Å². The van der Waals surface area contributed by atoms with Gasteiger partial charge in [-0.2, -0.15) is 0 Å². The van der Waals surface area contributed by atoms with E-state index in [2.05, 4.69) is 35.1 Å². The number of pyridine rings is 1. The van der Waals surface area contributed by atoms with E-state index >= 15 is 0 Å². The molecule has 2 aliphatic rings. The van der Waals surface area contributed by atoms with Gasteiger partial charge in [0, 0.05) is 45.0 Å². The van der Waals surface area contributed by atoms with Crippen LogP contribution in [0, 0.1) is 0 Å². The maximum atomic E-state index is 12.6. The van der Waals surface area contributed by atoms with E-state index in [0.717, 1.165) is 57.7 Å². The lowest BCUT2D eigenvalue weighted by molar-refractivity contribution is 0.0720. The van der Waals surface area contributed by atoms with Gasteiger partial charge in [0.1, 0.15) is 0 Å². The number of ether oxygens (including phenoxy) is 1. The second-order valence-electron chi connectivity index (χ2n) is 6.97. The molecule has 138 valence electrons. The molecule has 3 heterocycles. The molecular weight excluding hydrogens is 316 g/mol. The fraction of sp³-hybridized carbons (Fsp3) is 0.684. The summed E-state index contributed by atoms with van der Waals surface area (Å²) in [5.41, 5.74) is 1.09. The van der Waals surface area contributed by atoms with Crippen LogP contribution in [0.1, 0.15) is 44.8 Å². The van der Waals surface area contributed by atoms with Crippen molar-refractivity contribution in [1.82, 2.24) is 20.1 Å². The topological polar surface area (TPSA) is 57.7 Å². The molecule has 1 N–H and O–H groups in total. The van der Waals surface area contributed by atoms with Crippen LogP contribution in [-0.2, 0) is 4.74 Å². The Bertz CT molecular complexity index is 540. The lowest BCUT2D eigenvalue weighted by atomic mass is 10.1. The SMILES string of the molecule is CC[C@H](NC(=O)N1CCN([C@@H](C)c2ccccn2)CC1)[C@H]1CCCO1. The van der Waals surface area contributed by atoms with Crippen molar-refractivity contribution >= 4 is 6.03 Å². The van der Waals surface area contributed by atoms with Gasteiger partial charge < -0.3 is 15.0 Å². The van der Waals surface area contributed by atoms with Crippen molar-refractivity contribution in [3.05, 3.63) is 30.1 Å². The maximum absolute atomic E-state index is 12.6. The molecule has 25 heavy (non-hydrogen) atoms. The van der Waals surface area contributed by atoms with E-state index in [-0.39, 0.29) is 24.2 Å². The molecule has 2 amide bonds. The summed E-state index contributed by atoms with van der Waals surface area (Å²) in [6.45, 7) is 8.38. The minimum Gasteiger partial charge on any atom is -0.376 e. The molecule has 0 radical (unpaired) electrons. The molecule has 1 aromatic heterocycles. The minimum atomic E-state index is 0.0486. The summed E-state index contributed by atoms with van der Waals surface area (Å²) < 4.78 is 5.74. The Morgan fingerprint density at radius 3 is 2.76 bits per heavy atom. The van der Waals surface area contributed by atoms with E-state index < -0.39 is 0 Å². The van der Waals surface area contributed by atoms with Crippen molar-refractivity contribution in [2.24, 2.45) is 0 Å². The van der Waals surface area contributed by atoms with E-state index in [1.54, 1.807) is 0 Å². The zero-order chi connectivity index (χ0) is 17.6. The van der Waals surface area contributed by atoms with Crippen molar-refractivity contribution in [3.63, 3.8) is 0 Å². The third-order valence-electron chi connectivity index (χ3n) is 5.43. The Morgan fingerprint density at radius 1 is 1.36 bits per heavy atom. The summed E-state index contributed by atoms with van der Waals surface area (Å²) in [5, 5.41) is 3.19. The fourth-order valence-electron chi connectivity index (χ4n) is 3.75. The van der Waals surface area contributed by atoms with Gasteiger partial charge in [-0.05, 0) is 38.3 Å². The van der Waals surface area contributed by atoms with Gasteiger partial charge in [-0.1, -0.05) is 13.0 Å². The Balaban J connectivity index is 1.48. The number of nitrogens with zero attached hydrogens (tertiary/aromatic N) is 3. The first-order valence-corrected chi connectivity index (χ1v) is 9.51. The minimum absolute atomic E-state index is 0.0486. The van der Waals surface area contributed by atoms with Crippen LogP contribution in [0.15, 0.2) is 24.4 Å². The van der Waals surface area contributed by atoms with Gasteiger partial charge in [-0.15, -0.1) is 0 Å². The molecule has 2 aliphatic heterocycles. The molecule has 3 rings (SSSR count). The first-order valence-electron chi connectivity index (χ1n) is 9.51. The average molecular weight is 346 g/mol. The molecule has 0 bridgehead atoms. The van der Waals surface area contributed by atoms with Gasteiger partial charge in [-0.25, -0.2) is 4.79 Å². The summed E-state index contributed by atoms with van der Waals surface area (Å²) >= 11 is 0. The van der Waals surface area contributed by atoms with Crippen molar-refractivity contribution in [1.29, 1.82) is 0 Å². The zero-order valence-corrected chi connectivity index (χ0v) is 15.4. The molecule has 0 saturated carbocycles. The number of amides is 2. The predicted octanol–water partition coefficient (Wildman–Crippen LogP) is 2.43. The lowest BCUT2D eigenvalue weighted by Crippen LogP contribution is -2.55. The highest BCUT2D eigenvalue weighted by atomic mass is 16.5. The Hall–Kier alpha value is -1.66. The quantitative estimate of drug-likeness (QED) is 0.890. The van der Waals surface area contributed by atoms with Gasteiger partial charge in [0.2, 0.25) is 0 Å². The second kappa shape index (κ2) is 8.63. The molecule has 3 atom stereocenters. The maximum Gasteiger partial charge on any atom is 0.317 e. The van der Waals surface area contributed by atoms with Crippen LogP contribution >= 0.6 is 0 Å². The second-order valence-corrected chi connectivity index (χ2v) is 6.97. The molecule has 0 unspecified atom stereocenters. The number of carbonyl (C=O) groups excluding carboxylic acids is 1. The van der Waals surface area contributed by atoms with Crippen molar-refractivity contribution in [2.45, 2.75) is 51.3 Å². The van der Waals surface area contributed by atoms with Gasteiger partial charge in [-0.3, -0.25) is 9.88 Å². The number of carbonyl (C=O) groups is 1. The normalized spacial score (nSPS) is 24.1. The van der Waals surface area contributed by atoms with E-state index in [9.17, 15) is 4.79 Å². The monoisotopic (exact) mass is 346 g/mol. The summed E-state index contributed by atoms with van der Waals surface area (Å²) in [5.74, 6) is 0. The number of hydrogen-bond acceptors (Lipinski definition) is 4. The number of nitrogens with one attached hydrogen (secondary N) is 1. The standard InChI is InChI=1S/C19H30N4O2/c1-3-16(18-8-6-14-25-18)21-19(24)23-12-10-22(11-13-23)15(2)17-7-4-5-9-20-17/h4-5,7,9,15-16,18H,3,6,8,10-14H2,1-2H3,(H,21,24)/t15-,16-,18+/m0/s1. The van der Waals surface area contributed by atoms with E-state index in [1.807, 2.05) is 23.2 Å². The molecule has 2 saturated heterocycles. The molecular formula is C19H30N4O2. The first-order chi connectivity index (χ1) is 12.2. The molecule has 2 fully saturated rings. The Kier molecular flexibility index (Phi) is 6.26. The third-order valence-corrected chi connectivity index (χ3v) is 5.43. The highest BCUT2D eigenvalue weighted by molar-refractivity contribution is 5.74. The first kappa shape index (κ1) is 18.1. The van der Waals surface area contributed by atoms with Gasteiger partial charge >= 0.3 is 6.03 Å². The predicted molar refractivity (Wildman–Crippen MR) is 97.4 cm³/mol. The zero-order valence-electron chi connectivity index (χ0n) is 15.4. The van der Waals surface area contributed by atoms with Crippen LogP contribution in [0.3, 0.4) is 0 Å². The Morgan fingerprint density at radius 2 is 2.16 bits per heavy atom. The Labute approximate surface area is 150 Å². The van der Waals surface area contributed by atoms with Crippen LogP contribution in [0.2, 0.25) is 0 Å². The van der Waals surface area contributed by atoms with Gasteiger partial charge in [0.15, 0.2) is 0 Å². The number of aromatic nitrogens is 1. The highest BCUT2D eigenvalue weighted by Gasteiger charge is 2.29.